The van der Waals surface area contributed by atoms with Gasteiger partial charge in [-0.2, -0.15) is 0 Å². The second-order valence-electron chi connectivity index (χ2n) is 6.04. The number of aliphatic carboxylic acids is 1. The first-order valence-corrected chi connectivity index (χ1v) is 8.48. The van der Waals surface area contributed by atoms with Crippen molar-refractivity contribution in [3.8, 4) is 5.75 Å². The van der Waals surface area contributed by atoms with Crippen LogP contribution >= 0.6 is 0 Å². The quantitative estimate of drug-likeness (QED) is 0.809. The number of carbonyl (C=O) groups is 2. The van der Waals surface area contributed by atoms with Crippen molar-refractivity contribution >= 4 is 18.0 Å². The van der Waals surface area contributed by atoms with Crippen LogP contribution in [-0.2, 0) is 16.2 Å². The van der Waals surface area contributed by atoms with E-state index >= 15 is 0 Å². The van der Waals surface area contributed by atoms with E-state index in [0.717, 1.165) is 17.7 Å². The van der Waals surface area contributed by atoms with E-state index in [9.17, 15) is 9.59 Å². The molecule has 26 heavy (non-hydrogen) atoms. The van der Waals surface area contributed by atoms with E-state index in [4.69, 9.17) is 9.84 Å². The molecule has 134 valence electrons. The molecule has 1 saturated heterocycles. The van der Waals surface area contributed by atoms with Gasteiger partial charge in [0.05, 0.1) is 5.69 Å². The number of nitrogens with zero attached hydrogens (tertiary/aromatic N) is 2. The van der Waals surface area contributed by atoms with Crippen LogP contribution in [0.5, 0.6) is 5.75 Å². The molecule has 0 radical (unpaired) electrons. The number of likely N-dealkylation sites (tertiary alicyclic amines) is 1. The van der Waals surface area contributed by atoms with Gasteiger partial charge < -0.3 is 14.7 Å². The first-order valence-electron chi connectivity index (χ1n) is 8.48. The van der Waals surface area contributed by atoms with Gasteiger partial charge in [-0.3, -0.25) is 9.78 Å². The van der Waals surface area contributed by atoms with E-state index in [1.54, 1.807) is 12.3 Å². The highest BCUT2D eigenvalue weighted by molar-refractivity contribution is 5.94. The van der Waals surface area contributed by atoms with Crippen molar-refractivity contribution in [3.05, 3.63) is 66.0 Å². The van der Waals surface area contributed by atoms with E-state index in [1.807, 2.05) is 42.5 Å². The summed E-state index contributed by atoms with van der Waals surface area (Å²) < 4.78 is 5.67. The summed E-state index contributed by atoms with van der Waals surface area (Å²) in [4.78, 5) is 29.0. The summed E-state index contributed by atoms with van der Waals surface area (Å²) in [5.74, 6) is -0.506. The van der Waals surface area contributed by atoms with Gasteiger partial charge in [0.1, 0.15) is 18.4 Å². The Labute approximate surface area is 151 Å². The molecule has 1 aliphatic heterocycles. The average molecular weight is 352 g/mol. The van der Waals surface area contributed by atoms with E-state index in [-0.39, 0.29) is 5.91 Å². The monoisotopic (exact) mass is 352 g/mol. The van der Waals surface area contributed by atoms with Crippen LogP contribution in [0.3, 0.4) is 0 Å². The molecule has 1 atom stereocenters. The normalized spacial score (nSPS) is 16.8. The Morgan fingerprint density at radius 2 is 2.04 bits per heavy atom. The number of amides is 1. The van der Waals surface area contributed by atoms with Crippen molar-refractivity contribution < 1.29 is 19.4 Å². The fourth-order valence-corrected chi connectivity index (χ4v) is 2.87. The van der Waals surface area contributed by atoms with Gasteiger partial charge in [0, 0.05) is 18.8 Å². The molecule has 0 saturated carbocycles. The number of hydrogen-bond acceptors (Lipinski definition) is 4. The van der Waals surface area contributed by atoms with Crippen LogP contribution in [0.4, 0.5) is 0 Å². The highest BCUT2D eigenvalue weighted by atomic mass is 16.5. The van der Waals surface area contributed by atoms with Crippen LogP contribution in [0, 0.1) is 0 Å². The summed E-state index contributed by atoms with van der Waals surface area (Å²) in [6.45, 7) is 0.875. The standard InChI is InChI=1S/C20H20N2O4/c23-19(22-13-3-5-18(22)20(24)25)11-8-15-6-9-17(10-7-15)26-14-16-4-1-2-12-21-16/h1-2,4,6-12,18H,3,5,13-14H2,(H,24,25)/b11-8+. The van der Waals surface area contributed by atoms with Crippen LogP contribution in [0.15, 0.2) is 54.7 Å². The predicted octanol–water partition coefficient (Wildman–Crippen LogP) is 2.75. The van der Waals surface area contributed by atoms with Gasteiger partial charge in [0.15, 0.2) is 0 Å². The maximum Gasteiger partial charge on any atom is 0.326 e. The molecule has 2 aromatic rings. The highest BCUT2D eigenvalue weighted by Gasteiger charge is 2.32. The molecule has 2 heterocycles. The summed E-state index contributed by atoms with van der Waals surface area (Å²) >= 11 is 0. The third kappa shape index (κ3) is 4.47. The second kappa shape index (κ2) is 8.29. The van der Waals surface area contributed by atoms with Crippen molar-refractivity contribution in [2.45, 2.75) is 25.5 Å². The summed E-state index contributed by atoms with van der Waals surface area (Å²) in [7, 11) is 0. The molecule has 1 amide bonds. The van der Waals surface area contributed by atoms with Gasteiger partial charge in [-0.25, -0.2) is 4.79 Å². The zero-order chi connectivity index (χ0) is 18.4. The van der Waals surface area contributed by atoms with E-state index in [0.29, 0.717) is 25.3 Å². The Morgan fingerprint density at radius 3 is 2.73 bits per heavy atom. The van der Waals surface area contributed by atoms with Gasteiger partial charge in [0.25, 0.3) is 0 Å². The Morgan fingerprint density at radius 1 is 1.23 bits per heavy atom. The average Bonchev–Trinajstić information content (AvgIpc) is 3.16. The number of benzene rings is 1. The number of carbonyl (C=O) groups excluding carboxylic acids is 1. The number of carboxylic acids is 1. The molecule has 6 heteroatoms. The summed E-state index contributed by atoms with van der Waals surface area (Å²) in [6.07, 6.45) is 6.06. The largest absolute Gasteiger partial charge is 0.487 e. The topological polar surface area (TPSA) is 79.7 Å². The zero-order valence-electron chi connectivity index (χ0n) is 14.2. The van der Waals surface area contributed by atoms with Gasteiger partial charge in [-0.05, 0) is 48.7 Å². The number of ether oxygens (including phenoxy) is 1. The van der Waals surface area contributed by atoms with Crippen molar-refractivity contribution in [2.24, 2.45) is 0 Å². The molecule has 1 aromatic carbocycles. The van der Waals surface area contributed by atoms with E-state index < -0.39 is 12.0 Å². The molecule has 1 fully saturated rings. The molecular formula is C20H20N2O4. The predicted molar refractivity (Wildman–Crippen MR) is 96.4 cm³/mol. The number of rotatable bonds is 6. The number of hydrogen-bond donors (Lipinski definition) is 1. The van der Waals surface area contributed by atoms with E-state index in [1.165, 1.54) is 11.0 Å². The Bertz CT molecular complexity index is 787. The van der Waals surface area contributed by atoms with Crippen LogP contribution in [-0.4, -0.2) is 39.5 Å². The molecule has 1 N–H and O–H groups in total. The maximum absolute atomic E-state index is 12.2. The lowest BCUT2D eigenvalue weighted by Crippen LogP contribution is -2.39. The van der Waals surface area contributed by atoms with E-state index in [2.05, 4.69) is 4.98 Å². The summed E-state index contributed by atoms with van der Waals surface area (Å²) in [5.41, 5.74) is 1.69. The molecular weight excluding hydrogens is 332 g/mol. The van der Waals surface area contributed by atoms with Gasteiger partial charge >= 0.3 is 5.97 Å². The van der Waals surface area contributed by atoms with Crippen LogP contribution in [0.2, 0.25) is 0 Å². The second-order valence-corrected chi connectivity index (χ2v) is 6.04. The first-order chi connectivity index (χ1) is 12.6. The summed E-state index contributed by atoms with van der Waals surface area (Å²) in [6, 6.07) is 12.3. The third-order valence-electron chi connectivity index (χ3n) is 4.23. The van der Waals surface area contributed by atoms with Crippen molar-refractivity contribution in [2.75, 3.05) is 6.54 Å². The zero-order valence-corrected chi connectivity index (χ0v) is 14.2. The minimum atomic E-state index is -0.946. The first kappa shape index (κ1) is 17.7. The van der Waals surface area contributed by atoms with Gasteiger partial charge in [-0.1, -0.05) is 18.2 Å². The van der Waals surface area contributed by atoms with Crippen molar-refractivity contribution in [3.63, 3.8) is 0 Å². The summed E-state index contributed by atoms with van der Waals surface area (Å²) in [5, 5.41) is 9.14. The lowest BCUT2D eigenvalue weighted by molar-refractivity contribution is -0.146. The van der Waals surface area contributed by atoms with Crippen molar-refractivity contribution in [1.29, 1.82) is 0 Å². The lowest BCUT2D eigenvalue weighted by Gasteiger charge is -2.19. The maximum atomic E-state index is 12.2. The lowest BCUT2D eigenvalue weighted by atomic mass is 10.2. The molecule has 0 bridgehead atoms. The molecule has 6 nitrogen and oxygen atoms in total. The fraction of sp³-hybridized carbons (Fsp3) is 0.250. The number of aromatic nitrogens is 1. The minimum Gasteiger partial charge on any atom is -0.487 e. The molecule has 1 aromatic heterocycles. The van der Waals surface area contributed by atoms with Crippen LogP contribution in [0.25, 0.3) is 6.08 Å². The SMILES string of the molecule is O=C(O)C1CCCN1C(=O)/C=C/c1ccc(OCc2ccccn2)cc1. The molecule has 1 unspecified atom stereocenters. The van der Waals surface area contributed by atoms with Crippen LogP contribution in [0.1, 0.15) is 24.1 Å². The fourth-order valence-electron chi connectivity index (χ4n) is 2.87. The molecule has 3 rings (SSSR count). The van der Waals surface area contributed by atoms with Crippen LogP contribution < -0.4 is 4.74 Å². The van der Waals surface area contributed by atoms with Gasteiger partial charge in [0.2, 0.25) is 5.91 Å². The minimum absolute atomic E-state index is 0.273. The number of carboxylic acid groups (broad SMARTS) is 1. The molecule has 1 aliphatic rings. The third-order valence-corrected chi connectivity index (χ3v) is 4.23. The highest BCUT2D eigenvalue weighted by Crippen LogP contribution is 2.19. The Kier molecular flexibility index (Phi) is 5.63. The van der Waals surface area contributed by atoms with Gasteiger partial charge in [-0.15, -0.1) is 0 Å². The number of pyridine rings is 1. The molecule has 0 aliphatic carbocycles. The Balaban J connectivity index is 1.56. The Hall–Kier alpha value is -3.15. The smallest absolute Gasteiger partial charge is 0.326 e. The molecule has 0 spiro atoms. The van der Waals surface area contributed by atoms with Crippen molar-refractivity contribution in [1.82, 2.24) is 9.88 Å².